The van der Waals surface area contributed by atoms with Crippen molar-refractivity contribution in [2.24, 2.45) is 5.41 Å². The van der Waals surface area contributed by atoms with Crippen molar-refractivity contribution >= 4 is 29.0 Å². The normalized spacial score (nSPS) is 22.3. The van der Waals surface area contributed by atoms with E-state index in [1.165, 1.54) is 0 Å². The Bertz CT molecular complexity index is 511. The molecular weight excluding hydrogens is 271 g/mol. The largest absolute Gasteiger partial charge is 0.506 e. The quantitative estimate of drug-likeness (QED) is 0.879. The van der Waals surface area contributed by atoms with Crippen LogP contribution in [0, 0.1) is 5.41 Å². The Morgan fingerprint density at radius 3 is 2.56 bits per heavy atom. The van der Waals surface area contributed by atoms with Crippen LogP contribution in [0.5, 0.6) is 5.75 Å². The number of phenolic OH excluding ortho intramolecular Hbond substituents is 1. The lowest BCUT2D eigenvalue weighted by atomic mass is 9.77. The van der Waals surface area contributed by atoms with Crippen LogP contribution in [-0.2, 0) is 6.42 Å². The summed E-state index contributed by atoms with van der Waals surface area (Å²) in [5, 5.41) is 9.97. The average Bonchev–Trinajstić information content (AvgIpc) is 2.61. The van der Waals surface area contributed by atoms with Crippen molar-refractivity contribution < 1.29 is 9.90 Å². The summed E-state index contributed by atoms with van der Waals surface area (Å²) in [5.74, 6) is 0.0327. The van der Waals surface area contributed by atoms with Gasteiger partial charge < -0.3 is 5.11 Å². The monoisotopic (exact) mass is 286 g/mol. The van der Waals surface area contributed by atoms with Crippen molar-refractivity contribution in [3.8, 4) is 5.75 Å². The highest BCUT2D eigenvalue weighted by Crippen LogP contribution is 2.48. The number of carbonyl (C=O) groups excluding carboxylic acids is 1. The van der Waals surface area contributed by atoms with Crippen LogP contribution in [0.4, 0.5) is 0 Å². The molecule has 0 unspecified atom stereocenters. The maximum Gasteiger partial charge on any atom is 0.171 e. The van der Waals surface area contributed by atoms with Crippen LogP contribution in [0.15, 0.2) is 6.07 Å². The number of ketones is 1. The highest BCUT2D eigenvalue weighted by atomic mass is 35.5. The van der Waals surface area contributed by atoms with E-state index in [0.717, 1.165) is 24.8 Å². The molecule has 1 aromatic rings. The molecule has 0 amide bonds. The summed E-state index contributed by atoms with van der Waals surface area (Å²) in [6, 6.07) is 1.58. The first kappa shape index (κ1) is 13.7. The lowest BCUT2D eigenvalue weighted by molar-refractivity contribution is 0.0795. The van der Waals surface area contributed by atoms with Crippen LogP contribution >= 0.6 is 23.2 Å². The number of hydrogen-bond acceptors (Lipinski definition) is 2. The fourth-order valence-corrected chi connectivity index (χ4v) is 3.35. The first-order chi connectivity index (χ1) is 8.46. The summed E-state index contributed by atoms with van der Waals surface area (Å²) < 4.78 is 0. The third kappa shape index (κ3) is 1.83. The third-order valence-corrected chi connectivity index (χ3v) is 4.77. The van der Waals surface area contributed by atoms with Gasteiger partial charge in [0.05, 0.1) is 5.02 Å². The molecule has 1 aliphatic carbocycles. The highest BCUT2D eigenvalue weighted by Gasteiger charge is 2.45. The average molecular weight is 287 g/mol. The Balaban J connectivity index is 2.57. The van der Waals surface area contributed by atoms with Gasteiger partial charge in [-0.2, -0.15) is 0 Å². The summed E-state index contributed by atoms with van der Waals surface area (Å²) in [7, 11) is 0. The Morgan fingerprint density at radius 2 is 2.00 bits per heavy atom. The summed E-state index contributed by atoms with van der Waals surface area (Å²) >= 11 is 12.0. The number of rotatable bonds is 3. The first-order valence-electron chi connectivity index (χ1n) is 6.21. The molecule has 0 saturated heterocycles. The van der Waals surface area contributed by atoms with E-state index in [-0.39, 0.29) is 27.0 Å². The second-order valence-corrected chi connectivity index (χ2v) is 5.70. The SMILES string of the molecule is CCC[C@]1(CC)Cc2cc(O)c(Cl)c(Cl)c2C1=O. The number of Topliss-reactive ketones (excluding diaryl/α,β-unsaturated/α-hetero) is 1. The summed E-state index contributed by atoms with van der Waals surface area (Å²) in [4.78, 5) is 12.6. The second-order valence-electron chi connectivity index (χ2n) is 4.95. The van der Waals surface area contributed by atoms with E-state index >= 15 is 0 Å². The Morgan fingerprint density at radius 1 is 1.33 bits per heavy atom. The molecule has 0 bridgehead atoms. The van der Waals surface area contributed by atoms with Crippen molar-refractivity contribution in [1.29, 1.82) is 0 Å². The van der Waals surface area contributed by atoms with Gasteiger partial charge in [-0.25, -0.2) is 0 Å². The maximum atomic E-state index is 12.6. The number of phenols is 1. The molecule has 0 saturated carbocycles. The molecule has 0 aliphatic heterocycles. The molecular formula is C14H16Cl2O2. The molecule has 0 radical (unpaired) electrons. The van der Waals surface area contributed by atoms with E-state index in [4.69, 9.17) is 23.2 Å². The Labute approximate surface area is 117 Å². The molecule has 0 spiro atoms. The number of fused-ring (bicyclic) bond motifs is 1. The third-order valence-electron chi connectivity index (χ3n) is 3.91. The Kier molecular flexibility index (Phi) is 3.61. The maximum absolute atomic E-state index is 12.6. The molecule has 2 nitrogen and oxygen atoms in total. The number of hydrogen-bond donors (Lipinski definition) is 1. The fourth-order valence-electron chi connectivity index (χ4n) is 2.90. The molecule has 1 atom stereocenters. The van der Waals surface area contributed by atoms with Crippen LogP contribution in [0.25, 0.3) is 0 Å². The molecule has 0 aromatic heterocycles. The van der Waals surface area contributed by atoms with Gasteiger partial charge in [0.25, 0.3) is 0 Å². The number of carbonyl (C=O) groups is 1. The predicted octanol–water partition coefficient (Wildman–Crippen LogP) is 4.63. The highest BCUT2D eigenvalue weighted by molar-refractivity contribution is 6.45. The fraction of sp³-hybridized carbons (Fsp3) is 0.500. The van der Waals surface area contributed by atoms with E-state index < -0.39 is 0 Å². The molecule has 1 N–H and O–H groups in total. The molecule has 1 aliphatic rings. The summed E-state index contributed by atoms with van der Waals surface area (Å²) in [6.45, 7) is 4.09. The van der Waals surface area contributed by atoms with Gasteiger partial charge in [0.2, 0.25) is 0 Å². The number of halogens is 2. The van der Waals surface area contributed by atoms with Crippen LogP contribution in [0.3, 0.4) is 0 Å². The zero-order valence-corrected chi connectivity index (χ0v) is 12.0. The van der Waals surface area contributed by atoms with Crippen LogP contribution < -0.4 is 0 Å². The van der Waals surface area contributed by atoms with Gasteiger partial charge >= 0.3 is 0 Å². The Hall–Kier alpha value is -0.730. The topological polar surface area (TPSA) is 37.3 Å². The summed E-state index contributed by atoms with van der Waals surface area (Å²) in [6.07, 6.45) is 3.22. The molecule has 18 heavy (non-hydrogen) atoms. The van der Waals surface area contributed by atoms with E-state index in [0.29, 0.717) is 12.0 Å². The van der Waals surface area contributed by atoms with E-state index in [9.17, 15) is 9.90 Å². The van der Waals surface area contributed by atoms with Crippen molar-refractivity contribution in [3.63, 3.8) is 0 Å². The minimum absolute atomic E-state index is 0.0448. The summed E-state index contributed by atoms with van der Waals surface area (Å²) in [5.41, 5.74) is 0.967. The molecule has 2 rings (SSSR count). The minimum Gasteiger partial charge on any atom is -0.506 e. The minimum atomic E-state index is -0.363. The number of benzene rings is 1. The second kappa shape index (κ2) is 4.75. The van der Waals surface area contributed by atoms with Crippen molar-refractivity contribution in [2.45, 2.75) is 39.5 Å². The molecule has 98 valence electrons. The first-order valence-corrected chi connectivity index (χ1v) is 6.97. The van der Waals surface area contributed by atoms with Crippen molar-refractivity contribution in [1.82, 2.24) is 0 Å². The zero-order valence-electron chi connectivity index (χ0n) is 10.5. The molecule has 4 heteroatoms. The van der Waals surface area contributed by atoms with E-state index in [1.807, 2.05) is 6.92 Å². The standard InChI is InChI=1S/C14H16Cl2O2/c1-3-5-14(4-2)7-8-6-9(17)11(15)12(16)10(8)13(14)18/h6,17H,3-5,7H2,1-2H3/t14-/m1/s1. The van der Waals surface area contributed by atoms with Crippen LogP contribution in [-0.4, -0.2) is 10.9 Å². The van der Waals surface area contributed by atoms with Gasteiger partial charge in [-0.05, 0) is 30.9 Å². The van der Waals surface area contributed by atoms with Crippen molar-refractivity contribution in [3.05, 3.63) is 27.2 Å². The molecule has 0 fully saturated rings. The zero-order chi connectivity index (χ0) is 13.5. The lowest BCUT2D eigenvalue weighted by Gasteiger charge is -2.24. The van der Waals surface area contributed by atoms with Gasteiger partial charge in [0.1, 0.15) is 10.8 Å². The molecule has 1 aromatic carbocycles. The van der Waals surface area contributed by atoms with Crippen molar-refractivity contribution in [2.75, 3.05) is 0 Å². The molecule has 0 heterocycles. The number of aromatic hydroxyl groups is 1. The van der Waals surface area contributed by atoms with Gasteiger partial charge in [-0.3, -0.25) is 4.79 Å². The van der Waals surface area contributed by atoms with Crippen LogP contribution in [0.1, 0.15) is 49.0 Å². The van der Waals surface area contributed by atoms with Gasteiger partial charge in [-0.15, -0.1) is 0 Å². The van der Waals surface area contributed by atoms with Gasteiger partial charge in [-0.1, -0.05) is 43.5 Å². The predicted molar refractivity (Wildman–Crippen MR) is 73.8 cm³/mol. The van der Waals surface area contributed by atoms with E-state index in [2.05, 4.69) is 6.92 Å². The van der Waals surface area contributed by atoms with Gasteiger partial charge in [0.15, 0.2) is 5.78 Å². The van der Waals surface area contributed by atoms with E-state index in [1.54, 1.807) is 6.07 Å². The van der Waals surface area contributed by atoms with Gasteiger partial charge in [0, 0.05) is 11.0 Å². The van der Waals surface area contributed by atoms with Crippen LogP contribution in [0.2, 0.25) is 10.0 Å². The lowest BCUT2D eigenvalue weighted by Crippen LogP contribution is -2.27. The smallest absolute Gasteiger partial charge is 0.171 e.